The van der Waals surface area contributed by atoms with Gasteiger partial charge in [-0.05, 0) is 116 Å². The van der Waals surface area contributed by atoms with Crippen molar-refractivity contribution in [2.75, 3.05) is 32.7 Å². The number of carbonyl (C=O) groups is 1. The molecule has 2 aromatic rings. The van der Waals surface area contributed by atoms with Gasteiger partial charge in [0.05, 0.1) is 11.7 Å². The van der Waals surface area contributed by atoms with Gasteiger partial charge in [-0.1, -0.05) is 37.6 Å². The molecule has 2 saturated heterocycles. The standard InChI is InChI=1S/C27H35BrN4O.C2H6/c1-18-2-5-24-21(14-18)3-4-22-15-23(28)17-30-25(22)26(24)32-12-8-20(9-13-32)27(33)31-16-19-6-10-29-11-7-19;1-2/h2,5,14-15,17,19-20,26,29H,3-4,6-13,16H2,1H3,(H,31,33);1-2H3. The molecule has 0 radical (unpaired) electrons. The lowest BCUT2D eigenvalue weighted by molar-refractivity contribution is -0.126. The van der Waals surface area contributed by atoms with Crippen molar-refractivity contribution in [3.05, 3.63) is 62.9 Å². The quantitative estimate of drug-likeness (QED) is 0.559. The van der Waals surface area contributed by atoms with Gasteiger partial charge in [-0.15, -0.1) is 0 Å². The molecule has 1 amide bonds. The maximum atomic E-state index is 12.9. The van der Waals surface area contributed by atoms with Crippen LogP contribution in [-0.2, 0) is 17.6 Å². The van der Waals surface area contributed by atoms with Gasteiger partial charge in [-0.25, -0.2) is 0 Å². The average Bonchev–Trinajstić information content (AvgIpc) is 3.05. The predicted octanol–water partition coefficient (Wildman–Crippen LogP) is 5.19. The van der Waals surface area contributed by atoms with Crippen LogP contribution >= 0.6 is 15.9 Å². The molecule has 2 fully saturated rings. The Balaban J connectivity index is 0.00000141. The molecule has 1 aromatic heterocycles. The first-order valence-electron chi connectivity index (χ1n) is 13.5. The highest BCUT2D eigenvalue weighted by molar-refractivity contribution is 9.10. The largest absolute Gasteiger partial charge is 0.356 e. The van der Waals surface area contributed by atoms with Gasteiger partial charge in [0.25, 0.3) is 0 Å². The zero-order valence-electron chi connectivity index (χ0n) is 21.6. The minimum Gasteiger partial charge on any atom is -0.356 e. The van der Waals surface area contributed by atoms with Crippen LogP contribution in [0.1, 0.15) is 73.5 Å². The number of hydrogen-bond acceptors (Lipinski definition) is 4. The fraction of sp³-hybridized carbons (Fsp3) is 0.586. The normalized spacial score (nSPS) is 21.2. The SMILES string of the molecule is CC.Cc1ccc2c(c1)CCc1cc(Br)cnc1C2N1CCC(C(=O)NCC2CCNCC2)CC1. The van der Waals surface area contributed by atoms with Gasteiger partial charge < -0.3 is 10.6 Å². The molecule has 3 aliphatic rings. The lowest BCUT2D eigenvalue weighted by Crippen LogP contribution is -2.44. The van der Waals surface area contributed by atoms with Gasteiger partial charge in [0, 0.05) is 23.1 Å². The number of piperidine rings is 2. The predicted molar refractivity (Wildman–Crippen MR) is 147 cm³/mol. The van der Waals surface area contributed by atoms with E-state index < -0.39 is 0 Å². The summed E-state index contributed by atoms with van der Waals surface area (Å²) >= 11 is 3.62. The topological polar surface area (TPSA) is 57.3 Å². The first-order valence-corrected chi connectivity index (χ1v) is 14.3. The molecular formula is C29H41BrN4O. The van der Waals surface area contributed by atoms with Gasteiger partial charge in [0.15, 0.2) is 0 Å². The van der Waals surface area contributed by atoms with Crippen LogP contribution < -0.4 is 10.6 Å². The van der Waals surface area contributed by atoms with E-state index in [4.69, 9.17) is 4.98 Å². The Hall–Kier alpha value is -1.76. The Morgan fingerprint density at radius 3 is 2.54 bits per heavy atom. The van der Waals surface area contributed by atoms with E-state index in [0.717, 1.165) is 62.9 Å². The first-order chi connectivity index (χ1) is 17.1. The Kier molecular flexibility index (Phi) is 9.37. The number of benzene rings is 1. The van der Waals surface area contributed by atoms with Gasteiger partial charge >= 0.3 is 0 Å². The second kappa shape index (κ2) is 12.5. The van der Waals surface area contributed by atoms with Crippen molar-refractivity contribution >= 4 is 21.8 Å². The maximum Gasteiger partial charge on any atom is 0.223 e. The molecule has 1 aromatic carbocycles. The molecule has 2 aliphatic heterocycles. The minimum atomic E-state index is 0.128. The van der Waals surface area contributed by atoms with Crippen LogP contribution in [-0.4, -0.2) is 48.5 Å². The molecule has 1 atom stereocenters. The third kappa shape index (κ3) is 6.33. The number of aryl methyl sites for hydroxylation is 3. The number of halogens is 1. The molecular weight excluding hydrogens is 500 g/mol. The summed E-state index contributed by atoms with van der Waals surface area (Å²) in [7, 11) is 0. The first kappa shape index (κ1) is 26.3. The van der Waals surface area contributed by atoms with E-state index in [9.17, 15) is 4.79 Å². The van der Waals surface area contributed by atoms with Gasteiger partial charge in [-0.2, -0.15) is 0 Å². The molecule has 1 unspecified atom stereocenters. The van der Waals surface area contributed by atoms with E-state index in [1.54, 1.807) is 0 Å². The van der Waals surface area contributed by atoms with Crippen LogP contribution in [0.2, 0.25) is 0 Å². The zero-order valence-corrected chi connectivity index (χ0v) is 23.2. The molecule has 190 valence electrons. The summed E-state index contributed by atoms with van der Waals surface area (Å²) in [5.41, 5.74) is 6.68. The third-order valence-electron chi connectivity index (χ3n) is 7.77. The lowest BCUT2D eigenvalue weighted by atomic mass is 9.90. The smallest absolute Gasteiger partial charge is 0.223 e. The van der Waals surface area contributed by atoms with Crippen molar-refractivity contribution < 1.29 is 4.79 Å². The molecule has 0 bridgehead atoms. The van der Waals surface area contributed by atoms with Crippen LogP contribution in [0.15, 0.2) is 34.9 Å². The molecule has 5 rings (SSSR count). The van der Waals surface area contributed by atoms with Crippen molar-refractivity contribution in [1.82, 2.24) is 20.5 Å². The highest BCUT2D eigenvalue weighted by Crippen LogP contribution is 2.38. The van der Waals surface area contributed by atoms with Crippen molar-refractivity contribution in [1.29, 1.82) is 0 Å². The third-order valence-corrected chi connectivity index (χ3v) is 8.21. The van der Waals surface area contributed by atoms with Crippen molar-refractivity contribution in [2.45, 2.75) is 65.3 Å². The fourth-order valence-corrected chi connectivity index (χ4v) is 6.22. The number of nitrogens with one attached hydrogen (secondary N) is 2. The molecule has 5 nitrogen and oxygen atoms in total. The lowest BCUT2D eigenvalue weighted by Gasteiger charge is -2.38. The summed E-state index contributed by atoms with van der Waals surface area (Å²) in [6.07, 6.45) is 8.18. The number of likely N-dealkylation sites (tertiary alicyclic amines) is 1. The van der Waals surface area contributed by atoms with E-state index in [-0.39, 0.29) is 17.9 Å². The van der Waals surface area contributed by atoms with Crippen LogP contribution in [0.5, 0.6) is 0 Å². The van der Waals surface area contributed by atoms with Gasteiger partial charge in [-0.3, -0.25) is 14.7 Å². The van der Waals surface area contributed by atoms with E-state index in [1.165, 1.54) is 40.8 Å². The highest BCUT2D eigenvalue weighted by Gasteiger charge is 2.34. The molecule has 0 spiro atoms. The number of amides is 1. The maximum absolute atomic E-state index is 12.9. The van der Waals surface area contributed by atoms with Gasteiger partial charge in [0.2, 0.25) is 5.91 Å². The summed E-state index contributed by atoms with van der Waals surface area (Å²) in [4.78, 5) is 20.4. The van der Waals surface area contributed by atoms with E-state index in [2.05, 4.69) is 62.7 Å². The summed E-state index contributed by atoms with van der Waals surface area (Å²) in [6, 6.07) is 9.31. The number of fused-ring (bicyclic) bond motifs is 2. The number of aromatic nitrogens is 1. The van der Waals surface area contributed by atoms with Crippen LogP contribution in [0.25, 0.3) is 0 Å². The fourth-order valence-electron chi connectivity index (χ4n) is 5.84. The minimum absolute atomic E-state index is 0.128. The van der Waals surface area contributed by atoms with Crippen molar-refractivity contribution in [3.8, 4) is 0 Å². The molecule has 35 heavy (non-hydrogen) atoms. The molecule has 2 N–H and O–H groups in total. The summed E-state index contributed by atoms with van der Waals surface area (Å²) in [5, 5.41) is 6.67. The average molecular weight is 542 g/mol. The molecule has 3 heterocycles. The number of rotatable bonds is 4. The summed E-state index contributed by atoms with van der Waals surface area (Å²) < 4.78 is 1.05. The number of pyridine rings is 1. The van der Waals surface area contributed by atoms with Gasteiger partial charge in [0.1, 0.15) is 0 Å². The van der Waals surface area contributed by atoms with Crippen molar-refractivity contribution in [3.63, 3.8) is 0 Å². The van der Waals surface area contributed by atoms with E-state index in [0.29, 0.717) is 5.92 Å². The zero-order chi connectivity index (χ0) is 24.8. The Bertz CT molecular complexity index is 943. The molecule has 0 saturated carbocycles. The summed E-state index contributed by atoms with van der Waals surface area (Å²) in [5.74, 6) is 1.01. The second-order valence-corrected chi connectivity index (χ2v) is 11.0. The molecule has 6 heteroatoms. The van der Waals surface area contributed by atoms with Crippen molar-refractivity contribution in [2.24, 2.45) is 11.8 Å². The molecule has 1 aliphatic carbocycles. The van der Waals surface area contributed by atoms with E-state index >= 15 is 0 Å². The highest BCUT2D eigenvalue weighted by atomic mass is 79.9. The Morgan fingerprint density at radius 1 is 1.09 bits per heavy atom. The van der Waals surface area contributed by atoms with Crippen LogP contribution in [0, 0.1) is 18.8 Å². The number of carbonyl (C=O) groups excluding carboxylic acids is 1. The second-order valence-electron chi connectivity index (χ2n) is 10.1. The Morgan fingerprint density at radius 2 is 1.80 bits per heavy atom. The Labute approximate surface area is 219 Å². The number of nitrogens with zero attached hydrogens (tertiary/aromatic N) is 2. The van der Waals surface area contributed by atoms with E-state index in [1.807, 2.05) is 20.0 Å². The monoisotopic (exact) mass is 540 g/mol. The van der Waals surface area contributed by atoms with Crippen LogP contribution in [0.4, 0.5) is 0 Å². The summed E-state index contributed by atoms with van der Waals surface area (Å²) in [6.45, 7) is 11.0. The number of hydrogen-bond donors (Lipinski definition) is 2. The van der Waals surface area contributed by atoms with Crippen LogP contribution in [0.3, 0.4) is 0 Å².